The Hall–Kier alpha value is -0.240. The van der Waals surface area contributed by atoms with Crippen LogP contribution in [0.4, 0.5) is 0 Å². The molecule has 0 aromatic heterocycles. The highest BCUT2D eigenvalue weighted by Gasteiger charge is 2.30. The molecule has 0 aromatic carbocycles. The molecule has 3 heteroatoms. The summed E-state index contributed by atoms with van der Waals surface area (Å²) in [5.41, 5.74) is 1.54. The first-order chi connectivity index (χ1) is 7.49. The van der Waals surface area contributed by atoms with Gasteiger partial charge in [-0.3, -0.25) is 0 Å². The number of hydrogen-bond donors (Lipinski definition) is 1. The fraction of sp³-hybridized carbons (Fsp3) is 0.538. The van der Waals surface area contributed by atoms with Gasteiger partial charge in [0.05, 0.1) is 5.03 Å². The minimum absolute atomic E-state index is 0.225. The summed E-state index contributed by atoms with van der Waals surface area (Å²) in [7, 11) is 0. The summed E-state index contributed by atoms with van der Waals surface area (Å²) in [5.74, 6) is 0. The minimum atomic E-state index is 0.225. The third-order valence-corrected chi connectivity index (χ3v) is 3.82. The van der Waals surface area contributed by atoms with E-state index in [-0.39, 0.29) is 5.41 Å². The van der Waals surface area contributed by atoms with Crippen molar-refractivity contribution < 1.29 is 0 Å². The van der Waals surface area contributed by atoms with E-state index in [4.69, 9.17) is 23.2 Å². The quantitative estimate of drug-likeness (QED) is 0.750. The molecule has 1 atom stereocenters. The van der Waals surface area contributed by atoms with Gasteiger partial charge in [0.25, 0.3) is 0 Å². The van der Waals surface area contributed by atoms with E-state index in [0.717, 1.165) is 19.5 Å². The zero-order valence-corrected chi connectivity index (χ0v) is 11.6. The zero-order valence-electron chi connectivity index (χ0n) is 10.1. The van der Waals surface area contributed by atoms with Crippen molar-refractivity contribution in [2.24, 2.45) is 5.41 Å². The van der Waals surface area contributed by atoms with Crippen molar-refractivity contribution in [3.63, 3.8) is 0 Å². The fourth-order valence-electron chi connectivity index (χ4n) is 1.99. The largest absolute Gasteiger partial charge is 0.316 e. The second kappa shape index (κ2) is 5.90. The maximum atomic E-state index is 5.99. The van der Waals surface area contributed by atoms with Crippen molar-refractivity contribution >= 4 is 23.2 Å². The predicted molar refractivity (Wildman–Crippen MR) is 72.9 cm³/mol. The van der Waals surface area contributed by atoms with Crippen LogP contribution in [0.5, 0.6) is 0 Å². The molecule has 0 bridgehead atoms. The third kappa shape index (κ3) is 3.38. The lowest BCUT2D eigenvalue weighted by Crippen LogP contribution is -2.21. The fourth-order valence-corrected chi connectivity index (χ4v) is 2.11. The molecule has 0 radical (unpaired) electrons. The molecule has 16 heavy (non-hydrogen) atoms. The predicted octanol–water partition coefficient (Wildman–Crippen LogP) is 4.20. The molecule has 0 saturated carbocycles. The Kier molecular flexibility index (Phi) is 5.10. The topological polar surface area (TPSA) is 12.0 Å². The van der Waals surface area contributed by atoms with Crippen LogP contribution < -0.4 is 5.32 Å². The standard InChI is InChI=1S/C13H19Cl2N/c1-4-11(5-6-12(15)10(2)14)13(3)7-8-16-9-13/h4-6,16H,7-9H2,1-3H3/b6-5-,11-4+,12-10-/t13-/m0/s1. The number of rotatable bonds is 3. The van der Waals surface area contributed by atoms with Gasteiger partial charge in [-0.2, -0.15) is 0 Å². The highest BCUT2D eigenvalue weighted by atomic mass is 35.5. The first-order valence-corrected chi connectivity index (χ1v) is 6.32. The lowest BCUT2D eigenvalue weighted by molar-refractivity contribution is 0.456. The number of halogens is 2. The van der Waals surface area contributed by atoms with Gasteiger partial charge in [0.1, 0.15) is 0 Å². The summed E-state index contributed by atoms with van der Waals surface area (Å²) >= 11 is 11.8. The number of allylic oxidation sites excluding steroid dienone is 5. The molecule has 0 unspecified atom stereocenters. The SMILES string of the molecule is C\C=C(/C=C\C(Cl)=C(/C)Cl)[C@@]1(C)CCNC1. The van der Waals surface area contributed by atoms with Gasteiger partial charge >= 0.3 is 0 Å². The van der Waals surface area contributed by atoms with E-state index >= 15 is 0 Å². The van der Waals surface area contributed by atoms with Gasteiger partial charge < -0.3 is 5.32 Å². The maximum absolute atomic E-state index is 5.99. The second-order valence-electron chi connectivity index (χ2n) is 4.45. The van der Waals surface area contributed by atoms with E-state index < -0.39 is 0 Å². The van der Waals surface area contributed by atoms with Crippen LogP contribution in [0.3, 0.4) is 0 Å². The van der Waals surface area contributed by atoms with Crippen molar-refractivity contribution in [3.05, 3.63) is 33.9 Å². The molecular weight excluding hydrogens is 241 g/mol. The Balaban J connectivity index is 2.82. The highest BCUT2D eigenvalue weighted by molar-refractivity contribution is 6.39. The van der Waals surface area contributed by atoms with Crippen molar-refractivity contribution in [2.45, 2.75) is 27.2 Å². The third-order valence-electron chi connectivity index (χ3n) is 3.11. The zero-order chi connectivity index (χ0) is 12.2. The Morgan fingerprint density at radius 1 is 1.31 bits per heavy atom. The Bertz CT molecular complexity index is 330. The van der Waals surface area contributed by atoms with Gasteiger partial charge in [0.2, 0.25) is 0 Å². The van der Waals surface area contributed by atoms with E-state index in [0.29, 0.717) is 10.1 Å². The highest BCUT2D eigenvalue weighted by Crippen LogP contribution is 2.34. The van der Waals surface area contributed by atoms with E-state index in [1.807, 2.05) is 6.08 Å². The van der Waals surface area contributed by atoms with Crippen molar-refractivity contribution in [3.8, 4) is 0 Å². The van der Waals surface area contributed by atoms with Crippen LogP contribution >= 0.6 is 23.2 Å². The normalized spacial score (nSPS) is 28.7. The first-order valence-electron chi connectivity index (χ1n) is 5.57. The molecule has 1 aliphatic rings. The van der Waals surface area contributed by atoms with Crippen LogP contribution in [0, 0.1) is 5.41 Å². The van der Waals surface area contributed by atoms with Gasteiger partial charge in [-0.15, -0.1) is 0 Å². The minimum Gasteiger partial charge on any atom is -0.316 e. The van der Waals surface area contributed by atoms with E-state index in [2.05, 4.69) is 31.3 Å². The molecule has 0 aliphatic carbocycles. The maximum Gasteiger partial charge on any atom is 0.0548 e. The van der Waals surface area contributed by atoms with Crippen molar-refractivity contribution in [1.29, 1.82) is 0 Å². The lowest BCUT2D eigenvalue weighted by Gasteiger charge is -2.24. The molecule has 1 nitrogen and oxygen atoms in total. The molecule has 1 aliphatic heterocycles. The van der Waals surface area contributed by atoms with Crippen LogP contribution in [0.15, 0.2) is 33.9 Å². The molecule has 1 rings (SSSR count). The second-order valence-corrected chi connectivity index (χ2v) is 5.42. The van der Waals surface area contributed by atoms with Gasteiger partial charge in [-0.25, -0.2) is 0 Å². The van der Waals surface area contributed by atoms with Crippen LogP contribution in [0.25, 0.3) is 0 Å². The first kappa shape index (κ1) is 13.8. The molecule has 1 saturated heterocycles. The summed E-state index contributed by atoms with van der Waals surface area (Å²) in [6.45, 7) is 8.24. The van der Waals surface area contributed by atoms with Gasteiger partial charge in [0, 0.05) is 17.0 Å². The summed E-state index contributed by atoms with van der Waals surface area (Å²) < 4.78 is 0. The smallest absolute Gasteiger partial charge is 0.0548 e. The van der Waals surface area contributed by atoms with Gasteiger partial charge in [-0.1, -0.05) is 42.3 Å². The average molecular weight is 260 g/mol. The number of nitrogens with one attached hydrogen (secondary N) is 1. The van der Waals surface area contributed by atoms with E-state index in [1.165, 1.54) is 5.57 Å². The molecule has 1 fully saturated rings. The van der Waals surface area contributed by atoms with Crippen LogP contribution in [-0.2, 0) is 0 Å². The lowest BCUT2D eigenvalue weighted by atomic mass is 9.81. The molecule has 1 heterocycles. The summed E-state index contributed by atoms with van der Waals surface area (Å²) in [4.78, 5) is 0. The summed E-state index contributed by atoms with van der Waals surface area (Å²) in [5, 5.41) is 4.63. The Morgan fingerprint density at radius 3 is 2.44 bits per heavy atom. The summed E-state index contributed by atoms with van der Waals surface area (Å²) in [6, 6.07) is 0. The summed E-state index contributed by atoms with van der Waals surface area (Å²) in [6.07, 6.45) is 7.26. The number of hydrogen-bond acceptors (Lipinski definition) is 1. The van der Waals surface area contributed by atoms with Crippen LogP contribution in [-0.4, -0.2) is 13.1 Å². The van der Waals surface area contributed by atoms with E-state index in [9.17, 15) is 0 Å². The molecular formula is C13H19Cl2N. The average Bonchev–Trinajstić information content (AvgIpc) is 2.66. The van der Waals surface area contributed by atoms with E-state index in [1.54, 1.807) is 6.92 Å². The Morgan fingerprint density at radius 2 is 2.00 bits per heavy atom. The Labute approximate surface area is 108 Å². The molecule has 0 spiro atoms. The van der Waals surface area contributed by atoms with Gasteiger partial charge in [0.15, 0.2) is 0 Å². The van der Waals surface area contributed by atoms with Crippen LogP contribution in [0.1, 0.15) is 27.2 Å². The van der Waals surface area contributed by atoms with Crippen molar-refractivity contribution in [1.82, 2.24) is 5.32 Å². The molecule has 0 amide bonds. The van der Waals surface area contributed by atoms with Crippen LogP contribution in [0.2, 0.25) is 0 Å². The molecule has 90 valence electrons. The van der Waals surface area contributed by atoms with Gasteiger partial charge in [-0.05, 0) is 38.5 Å². The molecule has 1 N–H and O–H groups in total. The van der Waals surface area contributed by atoms with Crippen molar-refractivity contribution in [2.75, 3.05) is 13.1 Å². The monoisotopic (exact) mass is 259 g/mol. The molecule has 0 aromatic rings.